The highest BCUT2D eigenvalue weighted by Crippen LogP contribution is 2.33. The number of rotatable bonds is 7. The molecule has 1 unspecified atom stereocenters. The molecule has 1 atom stereocenters. The van der Waals surface area contributed by atoms with Crippen LogP contribution in [0.3, 0.4) is 0 Å². The van der Waals surface area contributed by atoms with Gasteiger partial charge >= 0.3 is 0 Å². The zero-order valence-electron chi connectivity index (χ0n) is 19.8. The van der Waals surface area contributed by atoms with E-state index in [9.17, 15) is 4.79 Å². The van der Waals surface area contributed by atoms with Crippen LogP contribution in [0.25, 0.3) is 0 Å². The molecule has 0 bridgehead atoms. The van der Waals surface area contributed by atoms with Crippen molar-refractivity contribution in [2.75, 3.05) is 49.2 Å². The summed E-state index contributed by atoms with van der Waals surface area (Å²) in [5.74, 6) is 0.901. The minimum Gasteiger partial charge on any atom is -0.378 e. The van der Waals surface area contributed by atoms with E-state index < -0.39 is 0 Å². The topological polar surface area (TPSA) is 70.6 Å². The van der Waals surface area contributed by atoms with Crippen LogP contribution in [0.1, 0.15) is 18.4 Å². The van der Waals surface area contributed by atoms with E-state index in [0.29, 0.717) is 13.1 Å². The molecule has 2 aliphatic heterocycles. The van der Waals surface area contributed by atoms with Crippen LogP contribution in [-0.2, 0) is 16.1 Å². The summed E-state index contributed by atoms with van der Waals surface area (Å²) >= 11 is 1.61. The van der Waals surface area contributed by atoms with Gasteiger partial charge in [-0.05, 0) is 42.7 Å². The van der Waals surface area contributed by atoms with Crippen LogP contribution in [0.4, 0.5) is 11.5 Å². The molecule has 3 aromatic rings. The number of hydrogen-bond donors (Lipinski definition) is 1. The third-order valence-electron chi connectivity index (χ3n) is 6.48. The van der Waals surface area contributed by atoms with Gasteiger partial charge in [0.05, 0.1) is 19.1 Å². The molecule has 7 nitrogen and oxygen atoms in total. The lowest BCUT2D eigenvalue weighted by Gasteiger charge is -2.33. The fourth-order valence-electron chi connectivity index (χ4n) is 4.57. The van der Waals surface area contributed by atoms with Crippen molar-refractivity contribution in [3.63, 3.8) is 0 Å². The molecule has 8 heteroatoms. The van der Waals surface area contributed by atoms with Crippen LogP contribution in [-0.4, -0.2) is 55.3 Å². The number of ether oxygens (including phenoxy) is 1. The number of nitrogens with zero attached hydrogens (tertiary/aromatic N) is 4. The summed E-state index contributed by atoms with van der Waals surface area (Å²) in [5.41, 5.74) is 2.32. The maximum Gasteiger partial charge on any atom is 0.225 e. The molecule has 1 N–H and O–H groups in total. The molecule has 0 aliphatic carbocycles. The van der Waals surface area contributed by atoms with Gasteiger partial charge in [0, 0.05) is 55.7 Å². The van der Waals surface area contributed by atoms with Crippen molar-refractivity contribution < 1.29 is 9.53 Å². The average molecular weight is 490 g/mol. The summed E-state index contributed by atoms with van der Waals surface area (Å²) in [4.78, 5) is 27.9. The van der Waals surface area contributed by atoms with Gasteiger partial charge < -0.3 is 19.9 Å². The Labute approximate surface area is 210 Å². The van der Waals surface area contributed by atoms with E-state index in [4.69, 9.17) is 4.74 Å². The standard InChI is InChI=1S/C27H31N5O2S/c33-26(30-19-21-8-10-23(11-9-21)31-15-17-34-18-16-31)22-5-4-14-32(20-22)25-27(29-13-12-28-25)35-24-6-2-1-3-7-24/h1-3,6-13,22H,4-5,14-20H2,(H,30,33). The second-order valence-electron chi connectivity index (χ2n) is 8.87. The predicted octanol–water partition coefficient (Wildman–Crippen LogP) is 4.00. The number of carbonyl (C=O) groups is 1. The van der Waals surface area contributed by atoms with Crippen LogP contribution < -0.4 is 15.1 Å². The van der Waals surface area contributed by atoms with Gasteiger partial charge in [-0.2, -0.15) is 0 Å². The lowest BCUT2D eigenvalue weighted by molar-refractivity contribution is -0.125. The van der Waals surface area contributed by atoms with Gasteiger partial charge in [-0.1, -0.05) is 42.1 Å². The fourth-order valence-corrected chi connectivity index (χ4v) is 5.47. The molecule has 0 radical (unpaired) electrons. The number of piperidine rings is 1. The van der Waals surface area contributed by atoms with E-state index in [0.717, 1.165) is 67.0 Å². The van der Waals surface area contributed by atoms with Gasteiger partial charge in [-0.25, -0.2) is 9.97 Å². The van der Waals surface area contributed by atoms with E-state index in [1.165, 1.54) is 5.69 Å². The smallest absolute Gasteiger partial charge is 0.225 e. The van der Waals surface area contributed by atoms with Crippen molar-refractivity contribution in [1.82, 2.24) is 15.3 Å². The van der Waals surface area contributed by atoms with Crippen LogP contribution in [0.5, 0.6) is 0 Å². The summed E-state index contributed by atoms with van der Waals surface area (Å²) in [6, 6.07) is 18.7. The number of aromatic nitrogens is 2. The van der Waals surface area contributed by atoms with Gasteiger partial charge in [0.25, 0.3) is 0 Å². The van der Waals surface area contributed by atoms with Crippen molar-refractivity contribution in [2.24, 2.45) is 5.92 Å². The molecule has 5 rings (SSSR count). The van der Waals surface area contributed by atoms with Crippen molar-refractivity contribution >= 4 is 29.2 Å². The maximum absolute atomic E-state index is 13.0. The van der Waals surface area contributed by atoms with Crippen LogP contribution in [0.2, 0.25) is 0 Å². The lowest BCUT2D eigenvalue weighted by atomic mass is 9.97. The summed E-state index contributed by atoms with van der Waals surface area (Å²) < 4.78 is 5.44. The zero-order chi connectivity index (χ0) is 23.9. The van der Waals surface area contributed by atoms with Gasteiger partial charge in [-0.3, -0.25) is 4.79 Å². The van der Waals surface area contributed by atoms with Crippen LogP contribution in [0, 0.1) is 5.92 Å². The van der Waals surface area contributed by atoms with Crippen molar-refractivity contribution in [3.8, 4) is 0 Å². The van der Waals surface area contributed by atoms with Gasteiger partial charge in [0.2, 0.25) is 5.91 Å². The van der Waals surface area contributed by atoms with Crippen LogP contribution >= 0.6 is 11.8 Å². The molecule has 3 heterocycles. The molecule has 1 aromatic heterocycles. The molecule has 2 saturated heterocycles. The Morgan fingerprint density at radius 3 is 2.54 bits per heavy atom. The average Bonchev–Trinajstić information content (AvgIpc) is 2.93. The monoisotopic (exact) mass is 489 g/mol. The number of amides is 1. The van der Waals surface area contributed by atoms with Crippen molar-refractivity contribution in [1.29, 1.82) is 0 Å². The predicted molar refractivity (Wildman–Crippen MR) is 139 cm³/mol. The number of benzene rings is 2. The summed E-state index contributed by atoms with van der Waals surface area (Å²) in [5, 5.41) is 4.03. The molecule has 2 fully saturated rings. The normalized spacial score (nSPS) is 18.3. The van der Waals surface area contributed by atoms with Gasteiger partial charge in [0.1, 0.15) is 5.03 Å². The zero-order valence-corrected chi connectivity index (χ0v) is 20.6. The van der Waals surface area contributed by atoms with E-state index in [-0.39, 0.29) is 11.8 Å². The molecular formula is C27H31N5O2S. The summed E-state index contributed by atoms with van der Waals surface area (Å²) in [6.45, 7) is 5.47. The Bertz CT molecular complexity index is 1110. The highest BCUT2D eigenvalue weighted by atomic mass is 32.2. The van der Waals surface area contributed by atoms with Crippen molar-refractivity contribution in [3.05, 3.63) is 72.6 Å². The Hall–Kier alpha value is -3.10. The minimum absolute atomic E-state index is 0.0621. The van der Waals surface area contributed by atoms with Gasteiger partial charge in [0.15, 0.2) is 5.82 Å². The molecular weight excluding hydrogens is 458 g/mol. The Balaban J connectivity index is 1.18. The lowest BCUT2D eigenvalue weighted by Crippen LogP contribution is -2.43. The first-order chi connectivity index (χ1) is 17.3. The van der Waals surface area contributed by atoms with Crippen LogP contribution in [0.15, 0.2) is 76.9 Å². The number of nitrogens with one attached hydrogen (secondary N) is 1. The Kier molecular flexibility index (Phi) is 7.80. The van der Waals surface area contributed by atoms with E-state index in [1.54, 1.807) is 24.2 Å². The molecule has 0 spiro atoms. The third-order valence-corrected chi connectivity index (χ3v) is 7.46. The van der Waals surface area contributed by atoms with E-state index in [2.05, 4.69) is 61.5 Å². The highest BCUT2D eigenvalue weighted by Gasteiger charge is 2.28. The first-order valence-corrected chi connectivity index (χ1v) is 13.1. The highest BCUT2D eigenvalue weighted by molar-refractivity contribution is 7.99. The Morgan fingerprint density at radius 1 is 0.971 bits per heavy atom. The first kappa shape index (κ1) is 23.6. The molecule has 2 aromatic carbocycles. The number of hydrogen-bond acceptors (Lipinski definition) is 7. The quantitative estimate of drug-likeness (QED) is 0.538. The largest absolute Gasteiger partial charge is 0.378 e. The Morgan fingerprint density at radius 2 is 1.74 bits per heavy atom. The molecule has 182 valence electrons. The number of anilines is 2. The third kappa shape index (κ3) is 6.13. The summed E-state index contributed by atoms with van der Waals surface area (Å²) in [7, 11) is 0. The SMILES string of the molecule is O=C(NCc1ccc(N2CCOCC2)cc1)C1CCCN(c2nccnc2Sc2ccccc2)C1. The second kappa shape index (κ2) is 11.6. The second-order valence-corrected chi connectivity index (χ2v) is 9.93. The van der Waals surface area contributed by atoms with E-state index in [1.807, 2.05) is 18.2 Å². The van der Waals surface area contributed by atoms with Crippen molar-refractivity contribution in [2.45, 2.75) is 29.3 Å². The summed E-state index contributed by atoms with van der Waals surface area (Å²) in [6.07, 6.45) is 5.31. The molecule has 0 saturated carbocycles. The minimum atomic E-state index is -0.0621. The molecule has 35 heavy (non-hydrogen) atoms. The fraction of sp³-hybridized carbons (Fsp3) is 0.370. The van der Waals surface area contributed by atoms with E-state index >= 15 is 0 Å². The number of carbonyl (C=O) groups excluding carboxylic acids is 1. The van der Waals surface area contributed by atoms with Gasteiger partial charge in [-0.15, -0.1) is 0 Å². The first-order valence-electron chi connectivity index (χ1n) is 12.2. The maximum atomic E-state index is 13.0. The number of morpholine rings is 1. The molecule has 1 amide bonds. The molecule has 2 aliphatic rings.